The number of benzene rings is 1. The second-order valence-electron chi connectivity index (χ2n) is 6.57. The number of carbonyl (C=O) groups excluding carboxylic acids is 1. The lowest BCUT2D eigenvalue weighted by Gasteiger charge is -2.14. The maximum atomic E-state index is 12.5. The molecule has 1 amide bonds. The zero-order valence-electron chi connectivity index (χ0n) is 15.1. The van der Waals surface area contributed by atoms with E-state index in [-0.39, 0.29) is 11.9 Å². The topological polar surface area (TPSA) is 85.6 Å². The molecule has 0 spiro atoms. The lowest BCUT2D eigenvalue weighted by Crippen LogP contribution is -2.35. The molecular weight excluding hydrogens is 328 g/mol. The number of nitrogens with one attached hydrogen (secondary N) is 1. The molecule has 1 N–H and O–H groups in total. The standard InChI is InChI=1S/C19H22N6O/c1-13(2)17-7-8-18(24-23-17)15-5-4-6-16(9-15)19(26)22-14(3)10-25-12-20-11-21-25/h4-9,11-14H,10H2,1-3H3,(H,22,26)/t14-/m0/s1. The van der Waals surface area contributed by atoms with E-state index in [0.29, 0.717) is 18.0 Å². The van der Waals surface area contributed by atoms with E-state index < -0.39 is 0 Å². The number of amides is 1. The van der Waals surface area contributed by atoms with Crippen LogP contribution in [0.1, 0.15) is 42.7 Å². The van der Waals surface area contributed by atoms with E-state index in [4.69, 9.17) is 0 Å². The minimum absolute atomic E-state index is 0.0713. The van der Waals surface area contributed by atoms with Gasteiger partial charge >= 0.3 is 0 Å². The summed E-state index contributed by atoms with van der Waals surface area (Å²) in [5.74, 6) is 0.200. The molecule has 7 heteroatoms. The maximum absolute atomic E-state index is 12.5. The molecule has 3 rings (SSSR count). The number of aromatic nitrogens is 5. The zero-order valence-corrected chi connectivity index (χ0v) is 15.1. The number of hydrogen-bond donors (Lipinski definition) is 1. The summed E-state index contributed by atoms with van der Waals surface area (Å²) in [5.41, 5.74) is 3.15. The van der Waals surface area contributed by atoms with Gasteiger partial charge in [-0.25, -0.2) is 4.98 Å². The number of nitrogens with zero attached hydrogens (tertiary/aromatic N) is 5. The van der Waals surface area contributed by atoms with Crippen molar-refractivity contribution in [2.24, 2.45) is 0 Å². The van der Waals surface area contributed by atoms with Crippen LogP contribution in [0.25, 0.3) is 11.3 Å². The number of carbonyl (C=O) groups is 1. The van der Waals surface area contributed by atoms with E-state index in [1.165, 1.54) is 6.33 Å². The molecule has 3 aromatic rings. The molecule has 0 aliphatic carbocycles. The fraction of sp³-hybridized carbons (Fsp3) is 0.316. The molecule has 26 heavy (non-hydrogen) atoms. The highest BCUT2D eigenvalue weighted by Crippen LogP contribution is 2.19. The third kappa shape index (κ3) is 4.30. The molecule has 1 aromatic carbocycles. The first-order valence-corrected chi connectivity index (χ1v) is 8.60. The van der Waals surface area contributed by atoms with Gasteiger partial charge in [-0.1, -0.05) is 26.0 Å². The molecule has 0 unspecified atom stereocenters. The average molecular weight is 350 g/mol. The molecule has 134 valence electrons. The highest BCUT2D eigenvalue weighted by Gasteiger charge is 2.12. The van der Waals surface area contributed by atoms with Crippen molar-refractivity contribution in [1.82, 2.24) is 30.3 Å². The molecular formula is C19H22N6O. The Morgan fingerprint density at radius 1 is 1.15 bits per heavy atom. The van der Waals surface area contributed by atoms with Crippen LogP contribution in [0.2, 0.25) is 0 Å². The van der Waals surface area contributed by atoms with Crippen molar-refractivity contribution >= 4 is 5.91 Å². The van der Waals surface area contributed by atoms with E-state index >= 15 is 0 Å². The van der Waals surface area contributed by atoms with Gasteiger partial charge in [0.05, 0.1) is 17.9 Å². The van der Waals surface area contributed by atoms with Crippen LogP contribution in [0.5, 0.6) is 0 Å². The van der Waals surface area contributed by atoms with Crippen molar-refractivity contribution in [2.45, 2.75) is 39.3 Å². The Labute approximate surface area is 152 Å². The summed E-state index contributed by atoms with van der Waals surface area (Å²) in [7, 11) is 0. The summed E-state index contributed by atoms with van der Waals surface area (Å²) in [4.78, 5) is 16.4. The van der Waals surface area contributed by atoms with Gasteiger partial charge in [-0.05, 0) is 37.1 Å². The molecule has 2 heterocycles. The van der Waals surface area contributed by atoms with Crippen LogP contribution in [0, 0.1) is 0 Å². The molecule has 0 aliphatic heterocycles. The Morgan fingerprint density at radius 2 is 2.00 bits per heavy atom. The largest absolute Gasteiger partial charge is 0.348 e. The summed E-state index contributed by atoms with van der Waals surface area (Å²) >= 11 is 0. The van der Waals surface area contributed by atoms with Crippen molar-refractivity contribution in [1.29, 1.82) is 0 Å². The van der Waals surface area contributed by atoms with Gasteiger partial charge in [0.15, 0.2) is 0 Å². The van der Waals surface area contributed by atoms with Crippen LogP contribution < -0.4 is 5.32 Å². The smallest absolute Gasteiger partial charge is 0.251 e. The quantitative estimate of drug-likeness (QED) is 0.739. The maximum Gasteiger partial charge on any atom is 0.251 e. The fourth-order valence-electron chi connectivity index (χ4n) is 2.58. The predicted molar refractivity (Wildman–Crippen MR) is 98.5 cm³/mol. The van der Waals surface area contributed by atoms with E-state index in [0.717, 1.165) is 17.0 Å². The molecule has 0 saturated heterocycles. The Morgan fingerprint density at radius 3 is 2.65 bits per heavy atom. The minimum Gasteiger partial charge on any atom is -0.348 e. The molecule has 2 aromatic heterocycles. The first kappa shape index (κ1) is 17.7. The first-order valence-electron chi connectivity index (χ1n) is 8.60. The van der Waals surface area contributed by atoms with Crippen LogP contribution in [0.15, 0.2) is 49.1 Å². The molecule has 0 saturated carbocycles. The minimum atomic E-state index is -0.133. The summed E-state index contributed by atoms with van der Waals surface area (Å²) in [6.45, 7) is 6.65. The van der Waals surface area contributed by atoms with Gasteiger partial charge in [0.1, 0.15) is 12.7 Å². The Balaban J connectivity index is 1.70. The second kappa shape index (κ2) is 7.86. The van der Waals surface area contributed by atoms with Crippen LogP contribution in [-0.4, -0.2) is 36.9 Å². The van der Waals surface area contributed by atoms with Gasteiger partial charge in [0.25, 0.3) is 5.91 Å². The van der Waals surface area contributed by atoms with Gasteiger partial charge in [-0.15, -0.1) is 0 Å². The van der Waals surface area contributed by atoms with Gasteiger partial charge in [-0.2, -0.15) is 15.3 Å². The molecule has 7 nitrogen and oxygen atoms in total. The highest BCUT2D eigenvalue weighted by atomic mass is 16.1. The molecule has 0 radical (unpaired) electrons. The average Bonchev–Trinajstić information content (AvgIpc) is 3.14. The first-order chi connectivity index (χ1) is 12.5. The van der Waals surface area contributed by atoms with Gasteiger partial charge in [0.2, 0.25) is 0 Å². The molecule has 0 fully saturated rings. The van der Waals surface area contributed by atoms with E-state index in [2.05, 4.69) is 39.4 Å². The van der Waals surface area contributed by atoms with Crippen LogP contribution >= 0.6 is 0 Å². The number of rotatable bonds is 6. The lowest BCUT2D eigenvalue weighted by atomic mass is 10.1. The summed E-state index contributed by atoms with van der Waals surface area (Å²) < 4.78 is 1.69. The molecule has 1 atom stereocenters. The Hall–Kier alpha value is -3.09. The van der Waals surface area contributed by atoms with E-state index in [1.54, 1.807) is 17.1 Å². The van der Waals surface area contributed by atoms with Crippen molar-refractivity contribution in [3.8, 4) is 11.3 Å². The van der Waals surface area contributed by atoms with Crippen molar-refractivity contribution in [2.75, 3.05) is 0 Å². The third-order valence-corrected chi connectivity index (χ3v) is 4.00. The van der Waals surface area contributed by atoms with E-state index in [1.807, 2.05) is 37.3 Å². The number of hydrogen-bond acceptors (Lipinski definition) is 5. The molecule has 0 bridgehead atoms. The van der Waals surface area contributed by atoms with Gasteiger partial charge < -0.3 is 5.32 Å². The normalized spacial score (nSPS) is 12.2. The van der Waals surface area contributed by atoms with Crippen LogP contribution in [0.3, 0.4) is 0 Å². The van der Waals surface area contributed by atoms with Crippen LogP contribution in [0.4, 0.5) is 0 Å². The monoisotopic (exact) mass is 350 g/mol. The summed E-state index contributed by atoms with van der Waals surface area (Å²) in [6, 6.07) is 11.2. The Kier molecular flexibility index (Phi) is 5.36. The fourth-order valence-corrected chi connectivity index (χ4v) is 2.58. The van der Waals surface area contributed by atoms with Crippen LogP contribution in [-0.2, 0) is 6.54 Å². The van der Waals surface area contributed by atoms with Crippen molar-refractivity contribution in [3.63, 3.8) is 0 Å². The SMILES string of the molecule is CC(C)c1ccc(-c2cccc(C(=O)N[C@@H](C)Cn3cncn3)c2)nn1. The Bertz CT molecular complexity index is 858. The van der Waals surface area contributed by atoms with Crippen molar-refractivity contribution in [3.05, 3.63) is 60.3 Å². The van der Waals surface area contributed by atoms with Gasteiger partial charge in [0, 0.05) is 17.2 Å². The second-order valence-corrected chi connectivity index (χ2v) is 6.57. The highest BCUT2D eigenvalue weighted by molar-refractivity contribution is 5.95. The molecule has 0 aliphatic rings. The third-order valence-electron chi connectivity index (χ3n) is 4.00. The van der Waals surface area contributed by atoms with Gasteiger partial charge in [-0.3, -0.25) is 9.48 Å². The van der Waals surface area contributed by atoms with E-state index in [9.17, 15) is 4.79 Å². The van der Waals surface area contributed by atoms with Crippen molar-refractivity contribution < 1.29 is 4.79 Å². The summed E-state index contributed by atoms with van der Waals surface area (Å²) in [6.07, 6.45) is 3.10. The summed E-state index contributed by atoms with van der Waals surface area (Å²) in [5, 5.41) is 15.6. The predicted octanol–water partition coefficient (Wildman–Crippen LogP) is 2.68. The zero-order chi connectivity index (χ0) is 18.5. The lowest BCUT2D eigenvalue weighted by molar-refractivity contribution is 0.0936.